The Balaban J connectivity index is 2.23. The van der Waals surface area contributed by atoms with Crippen molar-refractivity contribution in [2.75, 3.05) is 5.32 Å². The minimum absolute atomic E-state index is 0.447. The van der Waals surface area contributed by atoms with Crippen molar-refractivity contribution in [3.05, 3.63) is 18.6 Å². The van der Waals surface area contributed by atoms with Crippen LogP contribution in [0.3, 0.4) is 0 Å². The van der Waals surface area contributed by atoms with Crippen LogP contribution in [-0.4, -0.2) is 21.0 Å². The first-order chi connectivity index (χ1) is 7.31. The van der Waals surface area contributed by atoms with Gasteiger partial charge in [-0.15, -0.1) is 0 Å². The van der Waals surface area contributed by atoms with Gasteiger partial charge in [0.1, 0.15) is 17.8 Å². The number of fused-ring (bicyclic) bond motifs is 1. The fourth-order valence-corrected chi connectivity index (χ4v) is 1.73. The lowest BCUT2D eigenvalue weighted by atomic mass is 10.2. The summed E-state index contributed by atoms with van der Waals surface area (Å²) in [4.78, 5) is 11.5. The summed E-state index contributed by atoms with van der Waals surface area (Å²) in [5.74, 6) is 0.919. The molecule has 2 rings (SSSR count). The summed E-state index contributed by atoms with van der Waals surface area (Å²) in [6, 6.07) is 2.44. The lowest BCUT2D eigenvalue weighted by molar-refractivity contribution is 0.688. The van der Waals surface area contributed by atoms with Crippen molar-refractivity contribution in [2.45, 2.75) is 32.7 Å². The molecule has 0 unspecified atom stereocenters. The molecule has 0 aromatic carbocycles. The fraction of sp³-hybridized carbons (Fsp3) is 0.455. The van der Waals surface area contributed by atoms with Crippen LogP contribution in [0.5, 0.6) is 0 Å². The van der Waals surface area contributed by atoms with Gasteiger partial charge in [0.05, 0.1) is 5.39 Å². The lowest BCUT2D eigenvalue weighted by Crippen LogP contribution is -2.15. The normalized spacial score (nSPS) is 12.9. The zero-order chi connectivity index (χ0) is 10.7. The van der Waals surface area contributed by atoms with E-state index in [4.69, 9.17) is 0 Å². The van der Waals surface area contributed by atoms with E-state index in [1.165, 1.54) is 6.42 Å². The minimum Gasteiger partial charge on any atom is -0.367 e. The van der Waals surface area contributed by atoms with E-state index in [0.29, 0.717) is 6.04 Å². The number of H-pyrrole nitrogens is 1. The first-order valence-corrected chi connectivity index (χ1v) is 5.36. The molecule has 4 nitrogen and oxygen atoms in total. The van der Waals surface area contributed by atoms with Crippen LogP contribution >= 0.6 is 0 Å². The van der Waals surface area contributed by atoms with E-state index in [1.54, 1.807) is 6.33 Å². The summed E-state index contributed by atoms with van der Waals surface area (Å²) in [6.07, 6.45) is 5.79. The van der Waals surface area contributed by atoms with Crippen molar-refractivity contribution in [1.29, 1.82) is 0 Å². The Labute approximate surface area is 89.1 Å². The molecule has 80 valence electrons. The van der Waals surface area contributed by atoms with Gasteiger partial charge >= 0.3 is 0 Å². The number of nitrogens with zero attached hydrogens (tertiary/aromatic N) is 2. The Morgan fingerprint density at radius 2 is 2.33 bits per heavy atom. The van der Waals surface area contributed by atoms with Gasteiger partial charge in [0, 0.05) is 12.2 Å². The topological polar surface area (TPSA) is 53.6 Å². The number of aromatic nitrogens is 3. The average Bonchev–Trinajstić information content (AvgIpc) is 2.67. The van der Waals surface area contributed by atoms with Crippen LogP contribution in [-0.2, 0) is 0 Å². The highest BCUT2D eigenvalue weighted by atomic mass is 15.0. The van der Waals surface area contributed by atoms with Crippen LogP contribution < -0.4 is 5.32 Å². The molecule has 0 aliphatic heterocycles. The Kier molecular flexibility index (Phi) is 2.85. The summed E-state index contributed by atoms with van der Waals surface area (Å²) in [7, 11) is 0. The molecule has 4 heteroatoms. The largest absolute Gasteiger partial charge is 0.367 e. The molecule has 0 aliphatic rings. The van der Waals surface area contributed by atoms with E-state index in [9.17, 15) is 0 Å². The highest BCUT2D eigenvalue weighted by Crippen LogP contribution is 2.18. The maximum absolute atomic E-state index is 4.26. The van der Waals surface area contributed by atoms with Crippen molar-refractivity contribution in [3.8, 4) is 0 Å². The molecular weight excluding hydrogens is 188 g/mol. The molecule has 2 heterocycles. The van der Waals surface area contributed by atoms with E-state index in [1.807, 2.05) is 12.3 Å². The van der Waals surface area contributed by atoms with Gasteiger partial charge < -0.3 is 10.3 Å². The minimum atomic E-state index is 0.447. The first kappa shape index (κ1) is 9.96. The summed E-state index contributed by atoms with van der Waals surface area (Å²) in [5.41, 5.74) is 0.885. The quantitative estimate of drug-likeness (QED) is 0.804. The number of anilines is 1. The van der Waals surface area contributed by atoms with Crippen molar-refractivity contribution in [3.63, 3.8) is 0 Å². The predicted octanol–water partition coefficient (Wildman–Crippen LogP) is 2.56. The standard InChI is InChI=1S/C11H16N4/c1-3-4-8(2)15-11-9-5-6-12-10(9)13-7-14-11/h5-8H,3-4H2,1-2H3,(H2,12,13,14,15)/t8-/m1/s1. The van der Waals surface area contributed by atoms with Gasteiger partial charge in [0.2, 0.25) is 0 Å². The van der Waals surface area contributed by atoms with E-state index >= 15 is 0 Å². The smallest absolute Gasteiger partial charge is 0.142 e. The number of rotatable bonds is 4. The zero-order valence-corrected chi connectivity index (χ0v) is 9.12. The molecular formula is C11H16N4. The van der Waals surface area contributed by atoms with Crippen molar-refractivity contribution < 1.29 is 0 Å². The molecule has 0 spiro atoms. The van der Waals surface area contributed by atoms with E-state index < -0.39 is 0 Å². The van der Waals surface area contributed by atoms with Crippen LogP contribution in [0.4, 0.5) is 5.82 Å². The number of nitrogens with one attached hydrogen (secondary N) is 2. The van der Waals surface area contributed by atoms with Crippen LogP contribution in [0.2, 0.25) is 0 Å². The zero-order valence-electron chi connectivity index (χ0n) is 9.12. The van der Waals surface area contributed by atoms with Gasteiger partial charge in [-0.3, -0.25) is 0 Å². The molecule has 15 heavy (non-hydrogen) atoms. The third-order valence-electron chi connectivity index (χ3n) is 2.46. The Morgan fingerprint density at radius 3 is 3.13 bits per heavy atom. The Bertz CT molecular complexity index is 435. The van der Waals surface area contributed by atoms with Crippen LogP contribution in [0.25, 0.3) is 11.0 Å². The van der Waals surface area contributed by atoms with Gasteiger partial charge in [-0.1, -0.05) is 13.3 Å². The summed E-state index contributed by atoms with van der Waals surface area (Å²) >= 11 is 0. The Hall–Kier alpha value is -1.58. The van der Waals surface area contributed by atoms with Gasteiger partial charge in [-0.05, 0) is 19.4 Å². The molecule has 0 radical (unpaired) electrons. The molecule has 2 N–H and O–H groups in total. The van der Waals surface area contributed by atoms with Gasteiger partial charge in [0.25, 0.3) is 0 Å². The molecule has 0 amide bonds. The second kappa shape index (κ2) is 4.29. The Morgan fingerprint density at radius 1 is 1.47 bits per heavy atom. The van der Waals surface area contributed by atoms with Gasteiger partial charge in [-0.25, -0.2) is 9.97 Å². The maximum atomic E-state index is 4.26. The van der Waals surface area contributed by atoms with E-state index in [0.717, 1.165) is 23.3 Å². The van der Waals surface area contributed by atoms with E-state index in [-0.39, 0.29) is 0 Å². The van der Waals surface area contributed by atoms with Gasteiger partial charge in [0.15, 0.2) is 0 Å². The predicted molar refractivity (Wildman–Crippen MR) is 61.9 cm³/mol. The molecule has 1 atom stereocenters. The van der Waals surface area contributed by atoms with Crippen LogP contribution in [0, 0.1) is 0 Å². The molecule has 2 aromatic heterocycles. The lowest BCUT2D eigenvalue weighted by Gasteiger charge is -2.13. The summed E-state index contributed by atoms with van der Waals surface area (Å²) in [6.45, 7) is 4.36. The molecule has 0 aliphatic carbocycles. The van der Waals surface area contributed by atoms with Crippen LogP contribution in [0.15, 0.2) is 18.6 Å². The summed E-state index contributed by atoms with van der Waals surface area (Å²) in [5, 5.41) is 4.46. The number of hydrogen-bond donors (Lipinski definition) is 2. The second-order valence-corrected chi connectivity index (χ2v) is 3.80. The number of aromatic amines is 1. The molecule has 0 bridgehead atoms. The van der Waals surface area contributed by atoms with E-state index in [2.05, 4.69) is 34.1 Å². The highest BCUT2D eigenvalue weighted by Gasteiger charge is 2.06. The second-order valence-electron chi connectivity index (χ2n) is 3.80. The van der Waals surface area contributed by atoms with Crippen molar-refractivity contribution in [1.82, 2.24) is 15.0 Å². The molecule has 0 saturated carbocycles. The highest BCUT2D eigenvalue weighted by molar-refractivity contribution is 5.86. The maximum Gasteiger partial charge on any atom is 0.142 e. The molecule has 0 saturated heterocycles. The van der Waals surface area contributed by atoms with Gasteiger partial charge in [-0.2, -0.15) is 0 Å². The van der Waals surface area contributed by atoms with Crippen molar-refractivity contribution in [2.24, 2.45) is 0 Å². The monoisotopic (exact) mass is 204 g/mol. The first-order valence-electron chi connectivity index (χ1n) is 5.36. The van der Waals surface area contributed by atoms with Crippen molar-refractivity contribution >= 4 is 16.9 Å². The summed E-state index contributed by atoms with van der Waals surface area (Å²) < 4.78 is 0. The third kappa shape index (κ3) is 2.09. The van der Waals surface area contributed by atoms with Crippen LogP contribution in [0.1, 0.15) is 26.7 Å². The molecule has 2 aromatic rings. The third-order valence-corrected chi connectivity index (χ3v) is 2.46. The number of hydrogen-bond acceptors (Lipinski definition) is 3. The fourth-order valence-electron chi connectivity index (χ4n) is 1.73. The molecule has 0 fully saturated rings. The SMILES string of the molecule is CCC[C@@H](C)Nc1ncnc2[nH]ccc12. The average molecular weight is 204 g/mol.